The number of imidazole rings is 1. The van der Waals surface area contributed by atoms with E-state index in [1.54, 1.807) is 29.5 Å². The summed E-state index contributed by atoms with van der Waals surface area (Å²) in [6.07, 6.45) is 0.822. The molecule has 0 aliphatic carbocycles. The lowest BCUT2D eigenvalue weighted by Crippen LogP contribution is -2.04. The number of aromatic carboxylic acids is 1. The van der Waals surface area contributed by atoms with E-state index in [2.05, 4.69) is 22.5 Å². The summed E-state index contributed by atoms with van der Waals surface area (Å²) >= 11 is 1.69. The zero-order chi connectivity index (χ0) is 14.1. The number of aryl methyl sites for hydroxylation is 1. The van der Waals surface area contributed by atoms with Crippen LogP contribution in [0.3, 0.4) is 0 Å². The molecule has 0 amide bonds. The molecular weight excluding hydrogens is 272 g/mol. The molecule has 0 unspecified atom stereocenters. The van der Waals surface area contributed by atoms with E-state index in [1.165, 1.54) is 4.88 Å². The minimum absolute atomic E-state index is 0.299. The fourth-order valence-electron chi connectivity index (χ4n) is 2.31. The topological polar surface area (TPSA) is 55.1 Å². The summed E-state index contributed by atoms with van der Waals surface area (Å²) in [4.78, 5) is 16.9. The van der Waals surface area contributed by atoms with Gasteiger partial charge in [0.2, 0.25) is 0 Å². The molecule has 0 saturated heterocycles. The smallest absolute Gasteiger partial charge is 0.335 e. The van der Waals surface area contributed by atoms with Crippen LogP contribution in [-0.2, 0) is 13.0 Å². The van der Waals surface area contributed by atoms with Gasteiger partial charge in [0.05, 0.1) is 23.1 Å². The van der Waals surface area contributed by atoms with Gasteiger partial charge in [-0.15, -0.1) is 11.3 Å². The Morgan fingerprint density at radius 1 is 1.40 bits per heavy atom. The van der Waals surface area contributed by atoms with E-state index in [0.717, 1.165) is 29.8 Å². The van der Waals surface area contributed by atoms with Crippen LogP contribution in [0.2, 0.25) is 0 Å². The first-order valence-corrected chi connectivity index (χ1v) is 7.32. The number of carboxylic acid groups (broad SMARTS) is 1. The number of benzene rings is 1. The molecule has 0 atom stereocenters. The number of carbonyl (C=O) groups is 1. The van der Waals surface area contributed by atoms with E-state index in [9.17, 15) is 4.79 Å². The first kappa shape index (κ1) is 12.9. The number of aromatic nitrogens is 2. The Morgan fingerprint density at radius 3 is 2.90 bits per heavy atom. The molecule has 1 N–H and O–H groups in total. The van der Waals surface area contributed by atoms with Crippen LogP contribution in [0.15, 0.2) is 35.7 Å². The normalized spacial score (nSPS) is 11.1. The molecule has 1 aromatic carbocycles. The number of rotatable bonds is 4. The Labute approximate surface area is 120 Å². The second-order valence-corrected chi connectivity index (χ2v) is 5.59. The molecule has 2 heterocycles. The van der Waals surface area contributed by atoms with Gasteiger partial charge in [-0.1, -0.05) is 13.0 Å². The molecular formula is C15H14N2O2S. The molecule has 0 fully saturated rings. The SMILES string of the molecule is CCc1nc2ccc(C(=O)O)cc2n1Cc1cccs1. The average molecular weight is 286 g/mol. The Bertz CT molecular complexity index is 760. The minimum atomic E-state index is -0.908. The van der Waals surface area contributed by atoms with Crippen molar-refractivity contribution in [1.29, 1.82) is 0 Å². The van der Waals surface area contributed by atoms with Crippen LogP contribution in [0.5, 0.6) is 0 Å². The van der Waals surface area contributed by atoms with Crippen LogP contribution in [0.25, 0.3) is 11.0 Å². The standard InChI is InChI=1S/C15H14N2O2S/c1-2-14-16-12-6-5-10(15(18)19)8-13(12)17(14)9-11-4-3-7-20-11/h3-8H,2,9H2,1H3,(H,18,19). The lowest BCUT2D eigenvalue weighted by atomic mass is 10.2. The monoisotopic (exact) mass is 286 g/mol. The van der Waals surface area contributed by atoms with Crippen molar-refractivity contribution in [3.8, 4) is 0 Å². The number of nitrogens with zero attached hydrogens (tertiary/aromatic N) is 2. The second kappa shape index (κ2) is 5.09. The Balaban J connectivity index is 2.15. The summed E-state index contributed by atoms with van der Waals surface area (Å²) in [6, 6.07) is 9.19. The van der Waals surface area contributed by atoms with Crippen molar-refractivity contribution < 1.29 is 9.90 Å². The van der Waals surface area contributed by atoms with Gasteiger partial charge in [0.15, 0.2) is 0 Å². The molecule has 2 aromatic heterocycles. The fraction of sp³-hybridized carbons (Fsp3) is 0.200. The summed E-state index contributed by atoms with van der Waals surface area (Å²) in [7, 11) is 0. The summed E-state index contributed by atoms with van der Waals surface area (Å²) in [5.41, 5.74) is 2.03. The highest BCUT2D eigenvalue weighted by molar-refractivity contribution is 7.09. The molecule has 3 rings (SSSR count). The largest absolute Gasteiger partial charge is 0.478 e. The predicted octanol–water partition coefficient (Wildman–Crippen LogP) is 3.41. The predicted molar refractivity (Wildman–Crippen MR) is 79.5 cm³/mol. The third kappa shape index (κ3) is 2.20. The van der Waals surface area contributed by atoms with Gasteiger partial charge in [-0.2, -0.15) is 0 Å². The van der Waals surface area contributed by atoms with Crippen molar-refractivity contribution in [2.24, 2.45) is 0 Å². The van der Waals surface area contributed by atoms with Crippen molar-refractivity contribution in [3.05, 3.63) is 52.0 Å². The second-order valence-electron chi connectivity index (χ2n) is 4.56. The average Bonchev–Trinajstić information content (AvgIpc) is 3.06. The van der Waals surface area contributed by atoms with E-state index in [-0.39, 0.29) is 0 Å². The number of hydrogen-bond donors (Lipinski definition) is 1. The first-order valence-electron chi connectivity index (χ1n) is 6.44. The van der Waals surface area contributed by atoms with Crippen LogP contribution in [-0.4, -0.2) is 20.6 Å². The van der Waals surface area contributed by atoms with Gasteiger partial charge in [-0.3, -0.25) is 0 Å². The third-order valence-electron chi connectivity index (χ3n) is 3.28. The Hall–Kier alpha value is -2.14. The van der Waals surface area contributed by atoms with Gasteiger partial charge >= 0.3 is 5.97 Å². The van der Waals surface area contributed by atoms with Gasteiger partial charge < -0.3 is 9.67 Å². The molecule has 4 nitrogen and oxygen atoms in total. The van der Waals surface area contributed by atoms with Crippen molar-refractivity contribution >= 4 is 28.3 Å². The fourth-order valence-corrected chi connectivity index (χ4v) is 3.00. The van der Waals surface area contributed by atoms with Gasteiger partial charge in [0, 0.05) is 11.3 Å². The molecule has 3 aromatic rings. The van der Waals surface area contributed by atoms with Crippen LogP contribution in [0, 0.1) is 0 Å². The summed E-state index contributed by atoms with van der Waals surface area (Å²) in [5, 5.41) is 11.2. The summed E-state index contributed by atoms with van der Waals surface area (Å²) in [5.74, 6) is 0.0739. The molecule has 0 bridgehead atoms. The van der Waals surface area contributed by atoms with E-state index >= 15 is 0 Å². The Kier molecular flexibility index (Phi) is 3.28. The molecule has 0 spiro atoms. The van der Waals surface area contributed by atoms with Crippen LogP contribution in [0.1, 0.15) is 28.0 Å². The van der Waals surface area contributed by atoms with Gasteiger partial charge in [0.1, 0.15) is 5.82 Å². The van der Waals surface area contributed by atoms with Gasteiger partial charge in [0.25, 0.3) is 0 Å². The summed E-state index contributed by atoms with van der Waals surface area (Å²) < 4.78 is 2.10. The molecule has 102 valence electrons. The van der Waals surface area contributed by atoms with E-state index in [0.29, 0.717) is 5.56 Å². The van der Waals surface area contributed by atoms with E-state index < -0.39 is 5.97 Å². The zero-order valence-corrected chi connectivity index (χ0v) is 11.9. The van der Waals surface area contributed by atoms with E-state index in [4.69, 9.17) is 5.11 Å². The molecule has 0 saturated carbocycles. The highest BCUT2D eigenvalue weighted by Gasteiger charge is 2.12. The third-order valence-corrected chi connectivity index (χ3v) is 4.15. The number of thiophene rings is 1. The van der Waals surface area contributed by atoms with Crippen molar-refractivity contribution in [3.63, 3.8) is 0 Å². The molecule has 0 radical (unpaired) electrons. The van der Waals surface area contributed by atoms with Gasteiger partial charge in [-0.05, 0) is 29.6 Å². The molecule has 5 heteroatoms. The van der Waals surface area contributed by atoms with Crippen LogP contribution >= 0.6 is 11.3 Å². The van der Waals surface area contributed by atoms with Crippen molar-refractivity contribution in [2.75, 3.05) is 0 Å². The number of hydrogen-bond acceptors (Lipinski definition) is 3. The lowest BCUT2D eigenvalue weighted by molar-refractivity contribution is 0.0697. The maximum absolute atomic E-state index is 11.1. The van der Waals surface area contributed by atoms with E-state index in [1.807, 2.05) is 11.4 Å². The molecule has 0 aliphatic rings. The maximum Gasteiger partial charge on any atom is 0.335 e. The van der Waals surface area contributed by atoms with Crippen LogP contribution < -0.4 is 0 Å². The van der Waals surface area contributed by atoms with Crippen molar-refractivity contribution in [1.82, 2.24) is 9.55 Å². The zero-order valence-electron chi connectivity index (χ0n) is 11.0. The van der Waals surface area contributed by atoms with Crippen molar-refractivity contribution in [2.45, 2.75) is 19.9 Å². The summed E-state index contributed by atoms with van der Waals surface area (Å²) in [6.45, 7) is 2.80. The van der Waals surface area contributed by atoms with Crippen LogP contribution in [0.4, 0.5) is 0 Å². The highest BCUT2D eigenvalue weighted by Crippen LogP contribution is 2.21. The quantitative estimate of drug-likeness (QED) is 0.799. The minimum Gasteiger partial charge on any atom is -0.478 e. The first-order chi connectivity index (χ1) is 9.69. The molecule has 20 heavy (non-hydrogen) atoms. The maximum atomic E-state index is 11.1. The Morgan fingerprint density at radius 2 is 2.25 bits per heavy atom. The molecule has 0 aliphatic heterocycles. The highest BCUT2D eigenvalue weighted by atomic mass is 32.1. The lowest BCUT2D eigenvalue weighted by Gasteiger charge is -2.06. The number of carboxylic acids is 1. The number of fused-ring (bicyclic) bond motifs is 1. The van der Waals surface area contributed by atoms with Gasteiger partial charge in [-0.25, -0.2) is 9.78 Å².